The first-order valence-corrected chi connectivity index (χ1v) is 8.62. The van der Waals surface area contributed by atoms with Crippen molar-refractivity contribution in [3.8, 4) is 0 Å². The molecule has 0 aliphatic carbocycles. The maximum absolute atomic E-state index is 12.6. The summed E-state index contributed by atoms with van der Waals surface area (Å²) in [5, 5.41) is 4.37. The second-order valence-corrected chi connectivity index (χ2v) is 6.65. The lowest BCUT2D eigenvalue weighted by molar-refractivity contribution is -0.135. The molecule has 3 heterocycles. The molecule has 2 aliphatic heterocycles. The molecule has 0 radical (unpaired) electrons. The normalized spacial score (nSPS) is 25.6. The van der Waals surface area contributed by atoms with Crippen molar-refractivity contribution >= 4 is 5.91 Å². The highest BCUT2D eigenvalue weighted by atomic mass is 16.5. The van der Waals surface area contributed by atoms with E-state index >= 15 is 0 Å². The van der Waals surface area contributed by atoms with Gasteiger partial charge in [0.15, 0.2) is 0 Å². The summed E-state index contributed by atoms with van der Waals surface area (Å²) in [6.45, 7) is 4.63. The van der Waals surface area contributed by atoms with Gasteiger partial charge in [0.2, 0.25) is 5.91 Å². The minimum Gasteiger partial charge on any atom is -0.378 e. The van der Waals surface area contributed by atoms with Gasteiger partial charge < -0.3 is 9.64 Å². The van der Waals surface area contributed by atoms with Gasteiger partial charge in [-0.3, -0.25) is 9.48 Å². The molecule has 2 aliphatic rings. The number of ether oxygens (including phenoxy) is 1. The Kier molecular flexibility index (Phi) is 5.13. The number of nitrogens with zero attached hydrogens (tertiary/aromatic N) is 3. The van der Waals surface area contributed by atoms with E-state index < -0.39 is 0 Å². The Morgan fingerprint density at radius 2 is 2.27 bits per heavy atom. The maximum Gasteiger partial charge on any atom is 0.222 e. The van der Waals surface area contributed by atoms with Crippen molar-refractivity contribution in [2.24, 2.45) is 0 Å². The molecule has 1 amide bonds. The van der Waals surface area contributed by atoms with E-state index in [9.17, 15) is 4.79 Å². The second kappa shape index (κ2) is 7.27. The first-order chi connectivity index (χ1) is 10.7. The van der Waals surface area contributed by atoms with Gasteiger partial charge in [0.1, 0.15) is 0 Å². The second-order valence-electron chi connectivity index (χ2n) is 6.65. The van der Waals surface area contributed by atoms with Crippen LogP contribution in [0.1, 0.15) is 50.5 Å². The van der Waals surface area contributed by atoms with Crippen molar-refractivity contribution in [1.29, 1.82) is 0 Å². The summed E-state index contributed by atoms with van der Waals surface area (Å²) in [4.78, 5) is 14.7. The highest BCUT2D eigenvalue weighted by Crippen LogP contribution is 2.22. The number of carbonyl (C=O) groups excluding carboxylic acids is 1. The zero-order valence-electron chi connectivity index (χ0n) is 13.5. The largest absolute Gasteiger partial charge is 0.378 e. The number of hydrogen-bond donors (Lipinski definition) is 0. The quantitative estimate of drug-likeness (QED) is 0.840. The molecule has 2 saturated heterocycles. The number of carbonyl (C=O) groups is 1. The lowest BCUT2D eigenvalue weighted by Gasteiger charge is -2.36. The van der Waals surface area contributed by atoms with Gasteiger partial charge in [-0.15, -0.1) is 0 Å². The summed E-state index contributed by atoms with van der Waals surface area (Å²) in [5.74, 6) is 0.295. The SMILES string of the molecule is Cc1cnn(C[C@H]2CCCCN2C(=O)CC[C@@H]2CCCO2)c1. The van der Waals surface area contributed by atoms with E-state index in [1.54, 1.807) is 0 Å². The van der Waals surface area contributed by atoms with Crippen LogP contribution in [0.2, 0.25) is 0 Å². The van der Waals surface area contributed by atoms with Gasteiger partial charge in [-0.2, -0.15) is 5.10 Å². The third-order valence-corrected chi connectivity index (χ3v) is 4.81. The van der Waals surface area contributed by atoms with Crippen molar-refractivity contribution in [1.82, 2.24) is 14.7 Å². The van der Waals surface area contributed by atoms with Crippen LogP contribution in [0.25, 0.3) is 0 Å². The number of likely N-dealkylation sites (tertiary alicyclic amines) is 1. The van der Waals surface area contributed by atoms with E-state index in [0.717, 1.165) is 51.8 Å². The highest BCUT2D eigenvalue weighted by Gasteiger charge is 2.28. The lowest BCUT2D eigenvalue weighted by Crippen LogP contribution is -2.46. The molecule has 0 saturated carbocycles. The van der Waals surface area contributed by atoms with Crippen molar-refractivity contribution in [2.75, 3.05) is 13.2 Å². The molecule has 5 nitrogen and oxygen atoms in total. The smallest absolute Gasteiger partial charge is 0.222 e. The number of aromatic nitrogens is 2. The van der Waals surface area contributed by atoms with E-state index in [1.165, 1.54) is 12.0 Å². The zero-order chi connectivity index (χ0) is 15.4. The number of amides is 1. The van der Waals surface area contributed by atoms with Crippen molar-refractivity contribution < 1.29 is 9.53 Å². The Balaban J connectivity index is 1.55. The van der Waals surface area contributed by atoms with Crippen molar-refractivity contribution in [3.05, 3.63) is 18.0 Å². The molecule has 2 fully saturated rings. The Hall–Kier alpha value is -1.36. The van der Waals surface area contributed by atoms with Crippen LogP contribution < -0.4 is 0 Å². The molecule has 0 aromatic carbocycles. The summed E-state index contributed by atoms with van der Waals surface area (Å²) >= 11 is 0. The van der Waals surface area contributed by atoms with Gasteiger partial charge in [0.25, 0.3) is 0 Å². The molecule has 1 aromatic heterocycles. The first kappa shape index (κ1) is 15.5. The molecule has 5 heteroatoms. The van der Waals surface area contributed by atoms with Gasteiger partial charge in [-0.25, -0.2) is 0 Å². The molecule has 2 atom stereocenters. The summed E-state index contributed by atoms with van der Waals surface area (Å²) in [6, 6.07) is 0.296. The molecule has 122 valence electrons. The Labute approximate surface area is 132 Å². The van der Waals surface area contributed by atoms with Crippen molar-refractivity contribution in [3.63, 3.8) is 0 Å². The number of rotatable bonds is 5. The van der Waals surface area contributed by atoms with Gasteiger partial charge in [-0.05, 0) is 51.0 Å². The Morgan fingerprint density at radius 3 is 3.00 bits per heavy atom. The fourth-order valence-electron chi connectivity index (χ4n) is 3.60. The van der Waals surface area contributed by atoms with Crippen LogP contribution in [-0.2, 0) is 16.1 Å². The van der Waals surface area contributed by atoms with Gasteiger partial charge in [0, 0.05) is 25.8 Å². The maximum atomic E-state index is 12.6. The lowest BCUT2D eigenvalue weighted by atomic mass is 10.0. The fraction of sp³-hybridized carbons (Fsp3) is 0.765. The standard InChI is InChI=1S/C17H27N3O2/c1-14-11-18-19(12-14)13-15-5-2-3-9-20(15)17(21)8-7-16-6-4-10-22-16/h11-12,15-16H,2-10,13H2,1H3/t15-,16+/m1/s1. The first-order valence-electron chi connectivity index (χ1n) is 8.62. The van der Waals surface area contributed by atoms with Crippen LogP contribution in [0.4, 0.5) is 0 Å². The predicted molar refractivity (Wildman–Crippen MR) is 84.5 cm³/mol. The van der Waals surface area contributed by atoms with Gasteiger partial charge in [-0.1, -0.05) is 0 Å². The summed E-state index contributed by atoms with van der Waals surface area (Å²) in [6.07, 6.45) is 11.4. The number of aryl methyl sites for hydroxylation is 1. The van der Waals surface area contributed by atoms with Crippen LogP contribution >= 0.6 is 0 Å². The van der Waals surface area contributed by atoms with E-state index in [-0.39, 0.29) is 0 Å². The zero-order valence-corrected chi connectivity index (χ0v) is 13.5. The third kappa shape index (κ3) is 3.88. The van der Waals surface area contributed by atoms with Crippen LogP contribution in [0, 0.1) is 6.92 Å². The van der Waals surface area contributed by atoms with Crippen LogP contribution in [0.3, 0.4) is 0 Å². The van der Waals surface area contributed by atoms with E-state index in [4.69, 9.17) is 4.74 Å². The molecule has 1 aromatic rings. The summed E-state index contributed by atoms with van der Waals surface area (Å²) in [7, 11) is 0. The van der Waals surface area contributed by atoms with E-state index in [0.29, 0.717) is 24.5 Å². The highest BCUT2D eigenvalue weighted by molar-refractivity contribution is 5.76. The molecule has 0 N–H and O–H groups in total. The monoisotopic (exact) mass is 305 g/mol. The van der Waals surface area contributed by atoms with Gasteiger partial charge in [0.05, 0.1) is 24.9 Å². The molecule has 22 heavy (non-hydrogen) atoms. The molecule has 0 unspecified atom stereocenters. The molecular formula is C17H27N3O2. The Bertz CT molecular complexity index is 494. The fourth-order valence-corrected chi connectivity index (χ4v) is 3.60. The topological polar surface area (TPSA) is 47.4 Å². The molecule has 0 spiro atoms. The average molecular weight is 305 g/mol. The number of piperidine rings is 1. The minimum atomic E-state index is 0.295. The van der Waals surface area contributed by atoms with Crippen molar-refractivity contribution in [2.45, 2.75) is 70.6 Å². The van der Waals surface area contributed by atoms with Crippen LogP contribution in [0.5, 0.6) is 0 Å². The molecule has 3 rings (SSSR count). The third-order valence-electron chi connectivity index (χ3n) is 4.81. The van der Waals surface area contributed by atoms with Crippen LogP contribution in [-0.4, -0.2) is 45.9 Å². The molecular weight excluding hydrogens is 278 g/mol. The van der Waals surface area contributed by atoms with Crippen LogP contribution in [0.15, 0.2) is 12.4 Å². The predicted octanol–water partition coefficient (Wildman–Crippen LogP) is 2.53. The van der Waals surface area contributed by atoms with E-state index in [1.807, 2.05) is 10.9 Å². The van der Waals surface area contributed by atoms with E-state index in [2.05, 4.69) is 23.1 Å². The molecule has 0 bridgehead atoms. The summed E-state index contributed by atoms with van der Waals surface area (Å²) < 4.78 is 7.61. The average Bonchev–Trinajstić information content (AvgIpc) is 3.17. The Morgan fingerprint density at radius 1 is 1.36 bits per heavy atom. The number of hydrogen-bond acceptors (Lipinski definition) is 3. The van der Waals surface area contributed by atoms with Gasteiger partial charge >= 0.3 is 0 Å². The summed E-state index contributed by atoms with van der Waals surface area (Å²) in [5.41, 5.74) is 1.17. The minimum absolute atomic E-state index is 0.295.